The molecule has 0 bridgehead atoms. The summed E-state index contributed by atoms with van der Waals surface area (Å²) >= 11 is 0. The van der Waals surface area contributed by atoms with E-state index in [0.29, 0.717) is 11.3 Å². The van der Waals surface area contributed by atoms with E-state index in [1.54, 1.807) is 45.0 Å². The van der Waals surface area contributed by atoms with Gasteiger partial charge >= 0.3 is 6.09 Å². The van der Waals surface area contributed by atoms with Gasteiger partial charge in [-0.25, -0.2) is 4.79 Å². The zero-order valence-electron chi connectivity index (χ0n) is 13.1. The highest BCUT2D eigenvalue weighted by Crippen LogP contribution is 2.12. The number of amides is 3. The second-order valence-electron chi connectivity index (χ2n) is 5.56. The van der Waals surface area contributed by atoms with Gasteiger partial charge in [-0.1, -0.05) is 0 Å². The van der Waals surface area contributed by atoms with Crippen LogP contribution in [0.2, 0.25) is 0 Å². The van der Waals surface area contributed by atoms with Crippen LogP contribution in [0.15, 0.2) is 24.3 Å². The minimum atomic E-state index is -0.580. The summed E-state index contributed by atoms with van der Waals surface area (Å²) in [6.07, 6.45) is -0.565. The number of carbonyl (C=O) groups excluding carboxylic acids is 3. The zero-order valence-corrected chi connectivity index (χ0v) is 13.1. The molecule has 3 N–H and O–H groups in total. The topological polar surface area (TPSA) is 96.5 Å². The van der Waals surface area contributed by atoms with Gasteiger partial charge in [0.05, 0.1) is 6.54 Å². The monoisotopic (exact) mass is 307 g/mol. The van der Waals surface area contributed by atoms with Crippen molar-refractivity contribution in [1.82, 2.24) is 10.6 Å². The van der Waals surface area contributed by atoms with Crippen LogP contribution in [0.25, 0.3) is 0 Å². The van der Waals surface area contributed by atoms with Gasteiger partial charge < -0.3 is 15.4 Å². The largest absolute Gasteiger partial charge is 0.444 e. The van der Waals surface area contributed by atoms with E-state index >= 15 is 0 Å². The number of benzene rings is 1. The van der Waals surface area contributed by atoms with Crippen molar-refractivity contribution in [2.75, 3.05) is 18.9 Å². The fraction of sp³-hybridized carbons (Fsp3) is 0.400. The summed E-state index contributed by atoms with van der Waals surface area (Å²) in [7, 11) is 1.49. The summed E-state index contributed by atoms with van der Waals surface area (Å²) < 4.78 is 5.12. The van der Waals surface area contributed by atoms with E-state index in [0.717, 1.165) is 0 Å². The maximum Gasteiger partial charge on any atom is 0.412 e. The lowest BCUT2D eigenvalue weighted by Crippen LogP contribution is -2.35. The Morgan fingerprint density at radius 2 is 1.68 bits per heavy atom. The molecule has 1 aromatic carbocycles. The van der Waals surface area contributed by atoms with Crippen molar-refractivity contribution in [3.63, 3.8) is 0 Å². The Hall–Kier alpha value is -2.57. The fourth-order valence-electron chi connectivity index (χ4n) is 1.48. The lowest BCUT2D eigenvalue weighted by atomic mass is 10.2. The number of carbonyl (C=O) groups is 3. The van der Waals surface area contributed by atoms with Crippen LogP contribution in [0, 0.1) is 0 Å². The molecule has 1 aromatic rings. The Morgan fingerprint density at radius 1 is 1.09 bits per heavy atom. The van der Waals surface area contributed by atoms with E-state index in [-0.39, 0.29) is 18.4 Å². The molecule has 0 aliphatic carbocycles. The van der Waals surface area contributed by atoms with Crippen molar-refractivity contribution in [3.8, 4) is 0 Å². The summed E-state index contributed by atoms with van der Waals surface area (Å²) in [6.45, 7) is 5.22. The number of rotatable bonds is 4. The fourth-order valence-corrected chi connectivity index (χ4v) is 1.48. The van der Waals surface area contributed by atoms with Crippen molar-refractivity contribution >= 4 is 23.6 Å². The van der Waals surface area contributed by atoms with Crippen LogP contribution >= 0.6 is 0 Å². The Balaban J connectivity index is 2.57. The molecule has 0 aliphatic rings. The number of hydrogen-bond donors (Lipinski definition) is 3. The summed E-state index contributed by atoms with van der Waals surface area (Å²) in [4.78, 5) is 34.4. The van der Waals surface area contributed by atoms with Gasteiger partial charge in [0.25, 0.3) is 5.91 Å². The molecule has 7 nitrogen and oxygen atoms in total. The summed E-state index contributed by atoms with van der Waals surface area (Å²) in [6, 6.07) is 6.26. The average Bonchev–Trinajstić information content (AvgIpc) is 2.43. The molecule has 0 heterocycles. The smallest absolute Gasteiger partial charge is 0.412 e. The first-order valence-corrected chi connectivity index (χ1v) is 6.80. The van der Waals surface area contributed by atoms with E-state index in [9.17, 15) is 14.4 Å². The highest BCUT2D eigenvalue weighted by Gasteiger charge is 2.16. The quantitative estimate of drug-likeness (QED) is 0.785. The molecule has 0 spiro atoms. The Morgan fingerprint density at radius 3 is 2.18 bits per heavy atom. The minimum Gasteiger partial charge on any atom is -0.444 e. The third-order valence-electron chi connectivity index (χ3n) is 2.48. The SMILES string of the molecule is CNC(=O)CNC(=O)c1ccc(NC(=O)OC(C)(C)C)cc1. The van der Waals surface area contributed by atoms with Gasteiger partial charge in [0.15, 0.2) is 0 Å². The van der Waals surface area contributed by atoms with Gasteiger partial charge in [0.1, 0.15) is 5.60 Å². The molecule has 0 aromatic heterocycles. The van der Waals surface area contributed by atoms with Crippen LogP contribution in [-0.2, 0) is 9.53 Å². The molecule has 0 fully saturated rings. The minimum absolute atomic E-state index is 0.0900. The van der Waals surface area contributed by atoms with Gasteiger partial charge in [0, 0.05) is 18.3 Å². The first-order chi connectivity index (χ1) is 10.2. The molecule has 120 valence electrons. The second-order valence-corrected chi connectivity index (χ2v) is 5.56. The molecule has 0 saturated heterocycles. The van der Waals surface area contributed by atoms with Crippen LogP contribution in [0.4, 0.5) is 10.5 Å². The van der Waals surface area contributed by atoms with Gasteiger partial charge in [-0.15, -0.1) is 0 Å². The highest BCUT2D eigenvalue weighted by atomic mass is 16.6. The Bertz CT molecular complexity index is 547. The van der Waals surface area contributed by atoms with Crippen LogP contribution in [-0.4, -0.2) is 37.1 Å². The van der Waals surface area contributed by atoms with E-state index in [4.69, 9.17) is 4.74 Å². The summed E-state index contributed by atoms with van der Waals surface area (Å²) in [5, 5.41) is 7.45. The predicted octanol–water partition coefficient (Wildman–Crippen LogP) is 1.51. The second kappa shape index (κ2) is 7.44. The molecule has 0 radical (unpaired) electrons. The molecule has 3 amide bonds. The Labute approximate surface area is 129 Å². The van der Waals surface area contributed by atoms with Gasteiger partial charge in [0.2, 0.25) is 5.91 Å². The van der Waals surface area contributed by atoms with Gasteiger partial charge in [-0.3, -0.25) is 14.9 Å². The zero-order chi connectivity index (χ0) is 16.8. The van der Waals surface area contributed by atoms with Crippen LogP contribution in [0.3, 0.4) is 0 Å². The van der Waals surface area contributed by atoms with E-state index in [1.807, 2.05) is 0 Å². The summed E-state index contributed by atoms with van der Waals surface area (Å²) in [5.74, 6) is -0.649. The lowest BCUT2D eigenvalue weighted by Gasteiger charge is -2.19. The normalized spacial score (nSPS) is 10.5. The van der Waals surface area contributed by atoms with Crippen molar-refractivity contribution in [1.29, 1.82) is 0 Å². The van der Waals surface area contributed by atoms with E-state index < -0.39 is 11.7 Å². The molecule has 7 heteroatoms. The number of ether oxygens (including phenoxy) is 1. The molecule has 0 saturated carbocycles. The van der Waals surface area contributed by atoms with Crippen molar-refractivity contribution in [2.24, 2.45) is 0 Å². The third-order valence-corrected chi connectivity index (χ3v) is 2.48. The molecule has 0 atom stereocenters. The molecule has 1 rings (SSSR count). The van der Waals surface area contributed by atoms with Crippen LogP contribution < -0.4 is 16.0 Å². The highest BCUT2D eigenvalue weighted by molar-refractivity contribution is 5.97. The third kappa shape index (κ3) is 6.25. The van der Waals surface area contributed by atoms with Crippen molar-refractivity contribution < 1.29 is 19.1 Å². The van der Waals surface area contributed by atoms with Gasteiger partial charge in [-0.2, -0.15) is 0 Å². The predicted molar refractivity (Wildman–Crippen MR) is 82.7 cm³/mol. The average molecular weight is 307 g/mol. The number of anilines is 1. The molecular weight excluding hydrogens is 286 g/mol. The molecular formula is C15H21N3O4. The standard InChI is InChI=1S/C15H21N3O4/c1-15(2,3)22-14(21)18-11-7-5-10(6-8-11)13(20)17-9-12(19)16-4/h5-8H,9H2,1-4H3,(H,16,19)(H,17,20)(H,18,21). The van der Waals surface area contributed by atoms with Crippen LogP contribution in [0.5, 0.6) is 0 Å². The number of nitrogens with one attached hydrogen (secondary N) is 3. The molecule has 0 unspecified atom stereocenters. The lowest BCUT2D eigenvalue weighted by molar-refractivity contribution is -0.119. The maximum absolute atomic E-state index is 11.8. The Kier molecular flexibility index (Phi) is 5.91. The van der Waals surface area contributed by atoms with Crippen molar-refractivity contribution in [3.05, 3.63) is 29.8 Å². The first kappa shape index (κ1) is 17.5. The van der Waals surface area contributed by atoms with E-state index in [2.05, 4.69) is 16.0 Å². The molecule has 0 aliphatic heterocycles. The van der Waals surface area contributed by atoms with Gasteiger partial charge in [-0.05, 0) is 45.0 Å². The number of likely N-dealkylation sites (N-methyl/N-ethyl adjacent to an activating group) is 1. The number of hydrogen-bond acceptors (Lipinski definition) is 4. The van der Waals surface area contributed by atoms with E-state index in [1.165, 1.54) is 7.05 Å². The van der Waals surface area contributed by atoms with Crippen molar-refractivity contribution in [2.45, 2.75) is 26.4 Å². The van der Waals surface area contributed by atoms with Crippen LogP contribution in [0.1, 0.15) is 31.1 Å². The first-order valence-electron chi connectivity index (χ1n) is 6.80. The maximum atomic E-state index is 11.8. The molecule has 22 heavy (non-hydrogen) atoms. The summed E-state index contributed by atoms with van der Waals surface area (Å²) in [5.41, 5.74) is 0.319.